The zero-order valence-corrected chi connectivity index (χ0v) is 18.2. The number of carbonyl (C=O) groups excluding carboxylic acids is 1. The van der Waals surface area contributed by atoms with Crippen LogP contribution in [0.5, 0.6) is 0 Å². The van der Waals surface area contributed by atoms with Gasteiger partial charge in [-0.3, -0.25) is 14.2 Å². The molecule has 0 spiro atoms. The van der Waals surface area contributed by atoms with Crippen LogP contribution in [0.15, 0.2) is 65.7 Å². The summed E-state index contributed by atoms with van der Waals surface area (Å²) in [7, 11) is 1.84. The Morgan fingerprint density at radius 1 is 1.12 bits per heavy atom. The second-order valence-electron chi connectivity index (χ2n) is 7.26. The number of anilines is 2. The van der Waals surface area contributed by atoms with Gasteiger partial charge in [-0.2, -0.15) is 18.2 Å². The van der Waals surface area contributed by atoms with Gasteiger partial charge in [0.05, 0.1) is 11.3 Å². The molecule has 0 saturated heterocycles. The minimum absolute atomic E-state index is 0.249. The van der Waals surface area contributed by atoms with E-state index in [0.717, 1.165) is 33.6 Å². The second-order valence-corrected chi connectivity index (χ2v) is 8.24. The number of hydrogen-bond donors (Lipinski definition) is 1. The van der Waals surface area contributed by atoms with E-state index in [0.29, 0.717) is 11.7 Å². The average molecular weight is 473 g/mol. The lowest BCUT2D eigenvalue weighted by Gasteiger charge is -2.15. The van der Waals surface area contributed by atoms with E-state index in [1.807, 2.05) is 42.3 Å². The first-order chi connectivity index (χ1) is 15.7. The number of nitrogens with one attached hydrogen (secondary N) is 1. The molecular formula is C22H18F3N5O2S. The Morgan fingerprint density at radius 2 is 1.82 bits per heavy atom. The molecule has 1 amide bonds. The van der Waals surface area contributed by atoms with E-state index in [4.69, 9.17) is 0 Å². The van der Waals surface area contributed by atoms with Crippen LogP contribution in [-0.2, 0) is 24.1 Å². The molecule has 0 bridgehead atoms. The van der Waals surface area contributed by atoms with Crippen molar-refractivity contribution in [2.75, 3.05) is 17.3 Å². The highest BCUT2D eigenvalue weighted by Gasteiger charge is 2.33. The van der Waals surface area contributed by atoms with Crippen molar-refractivity contribution in [3.05, 3.63) is 82.4 Å². The SMILES string of the molecule is CN(Cc1ccccc1)c1nc2ncn(CC(=O)Nc3ccccc3C(F)(F)F)c(=O)c2s1. The summed E-state index contributed by atoms with van der Waals surface area (Å²) >= 11 is 1.14. The highest BCUT2D eigenvalue weighted by atomic mass is 32.1. The van der Waals surface area contributed by atoms with Crippen LogP contribution in [0.25, 0.3) is 10.3 Å². The Bertz CT molecular complexity index is 1350. The monoisotopic (exact) mass is 473 g/mol. The van der Waals surface area contributed by atoms with E-state index < -0.39 is 29.8 Å². The number of para-hydroxylation sites is 1. The fourth-order valence-corrected chi connectivity index (χ4v) is 4.15. The topological polar surface area (TPSA) is 80.1 Å². The van der Waals surface area contributed by atoms with Gasteiger partial charge in [0, 0.05) is 13.6 Å². The fraction of sp³-hybridized carbons (Fsp3) is 0.182. The summed E-state index contributed by atoms with van der Waals surface area (Å²) in [6.07, 6.45) is -3.45. The Balaban J connectivity index is 1.53. The number of hydrogen-bond acceptors (Lipinski definition) is 6. The van der Waals surface area contributed by atoms with Gasteiger partial charge in [-0.15, -0.1) is 0 Å². The predicted octanol–water partition coefficient (Wildman–Crippen LogP) is 4.15. The van der Waals surface area contributed by atoms with Gasteiger partial charge in [-0.05, 0) is 17.7 Å². The van der Waals surface area contributed by atoms with E-state index in [1.54, 1.807) is 0 Å². The predicted molar refractivity (Wildman–Crippen MR) is 120 cm³/mol. The van der Waals surface area contributed by atoms with Gasteiger partial charge in [0.2, 0.25) is 5.91 Å². The Kier molecular flexibility index (Phi) is 6.14. The zero-order chi connectivity index (χ0) is 23.6. The summed E-state index contributed by atoms with van der Waals surface area (Å²) in [5, 5.41) is 2.81. The highest BCUT2D eigenvalue weighted by Crippen LogP contribution is 2.34. The van der Waals surface area contributed by atoms with Crippen LogP contribution in [0, 0.1) is 0 Å². The number of nitrogens with zero attached hydrogens (tertiary/aromatic N) is 4. The maximum atomic E-state index is 13.1. The van der Waals surface area contributed by atoms with Crippen LogP contribution in [0.4, 0.5) is 24.0 Å². The lowest BCUT2D eigenvalue weighted by molar-refractivity contribution is -0.137. The fourth-order valence-electron chi connectivity index (χ4n) is 3.22. The molecule has 170 valence electrons. The Morgan fingerprint density at radius 3 is 2.55 bits per heavy atom. The largest absolute Gasteiger partial charge is 0.418 e. The number of carbonyl (C=O) groups is 1. The van der Waals surface area contributed by atoms with Crippen molar-refractivity contribution in [3.8, 4) is 0 Å². The number of aromatic nitrogens is 3. The quantitative estimate of drug-likeness (QED) is 0.455. The maximum absolute atomic E-state index is 13.1. The molecule has 2 aromatic carbocycles. The molecule has 0 atom stereocenters. The number of alkyl halides is 3. The van der Waals surface area contributed by atoms with Gasteiger partial charge in [0.15, 0.2) is 10.8 Å². The van der Waals surface area contributed by atoms with E-state index in [1.165, 1.54) is 18.5 Å². The first kappa shape index (κ1) is 22.5. The van der Waals surface area contributed by atoms with Gasteiger partial charge in [0.25, 0.3) is 5.56 Å². The molecule has 0 aliphatic rings. The van der Waals surface area contributed by atoms with Gasteiger partial charge in [-0.25, -0.2) is 4.98 Å². The molecule has 0 aliphatic heterocycles. The molecule has 0 aliphatic carbocycles. The van der Waals surface area contributed by atoms with Gasteiger partial charge in [-0.1, -0.05) is 53.8 Å². The number of amides is 1. The van der Waals surface area contributed by atoms with Crippen LogP contribution < -0.4 is 15.8 Å². The van der Waals surface area contributed by atoms with E-state index >= 15 is 0 Å². The van der Waals surface area contributed by atoms with E-state index in [2.05, 4.69) is 15.3 Å². The standard InChI is InChI=1S/C22H18F3N5O2S/c1-29(11-14-7-3-2-4-8-14)21-28-19-18(33-21)20(32)30(13-26-19)12-17(31)27-16-10-6-5-9-15(16)22(23,24)25/h2-10,13H,11-12H2,1H3,(H,27,31). The van der Waals surface area contributed by atoms with Crippen LogP contribution in [0.2, 0.25) is 0 Å². The number of benzene rings is 2. The lowest BCUT2D eigenvalue weighted by Crippen LogP contribution is -2.28. The zero-order valence-electron chi connectivity index (χ0n) is 17.3. The van der Waals surface area contributed by atoms with E-state index in [9.17, 15) is 22.8 Å². The van der Waals surface area contributed by atoms with Crippen LogP contribution in [-0.4, -0.2) is 27.5 Å². The summed E-state index contributed by atoms with van der Waals surface area (Å²) in [5.74, 6) is -0.777. The van der Waals surface area contributed by atoms with Crippen LogP contribution in [0.3, 0.4) is 0 Å². The number of fused-ring (bicyclic) bond motifs is 1. The number of halogens is 3. The van der Waals surface area contributed by atoms with Crippen molar-refractivity contribution in [1.29, 1.82) is 0 Å². The molecular weight excluding hydrogens is 455 g/mol. The van der Waals surface area contributed by atoms with Gasteiger partial charge < -0.3 is 10.2 Å². The van der Waals surface area contributed by atoms with Crippen LogP contribution >= 0.6 is 11.3 Å². The highest BCUT2D eigenvalue weighted by molar-refractivity contribution is 7.22. The summed E-state index contributed by atoms with van der Waals surface area (Å²) in [6, 6.07) is 14.4. The number of rotatable bonds is 6. The minimum atomic E-state index is -4.62. The smallest absolute Gasteiger partial charge is 0.347 e. The molecule has 33 heavy (non-hydrogen) atoms. The summed E-state index contributed by atoms with van der Waals surface area (Å²) in [6.45, 7) is 0.0942. The first-order valence-electron chi connectivity index (χ1n) is 9.79. The van der Waals surface area contributed by atoms with Crippen molar-refractivity contribution in [3.63, 3.8) is 0 Å². The lowest BCUT2D eigenvalue weighted by atomic mass is 10.1. The second kappa shape index (κ2) is 9.02. The van der Waals surface area contributed by atoms with Gasteiger partial charge >= 0.3 is 6.18 Å². The number of thiazole rings is 1. The summed E-state index contributed by atoms with van der Waals surface area (Å²) < 4.78 is 40.7. The molecule has 0 unspecified atom stereocenters. The minimum Gasteiger partial charge on any atom is -0.347 e. The normalized spacial score (nSPS) is 11.5. The van der Waals surface area contributed by atoms with Crippen molar-refractivity contribution < 1.29 is 18.0 Å². The van der Waals surface area contributed by atoms with Crippen molar-refractivity contribution in [2.45, 2.75) is 19.3 Å². The molecule has 4 rings (SSSR count). The third kappa shape index (κ3) is 5.03. The average Bonchev–Trinajstić information content (AvgIpc) is 3.21. The molecule has 4 aromatic rings. The Labute approximate surface area is 190 Å². The molecule has 0 radical (unpaired) electrons. The molecule has 11 heteroatoms. The molecule has 0 fully saturated rings. The van der Waals surface area contributed by atoms with Crippen molar-refractivity contribution in [1.82, 2.24) is 14.5 Å². The third-order valence-electron chi connectivity index (χ3n) is 4.78. The third-order valence-corrected chi connectivity index (χ3v) is 5.93. The van der Waals surface area contributed by atoms with Crippen molar-refractivity contribution >= 4 is 38.4 Å². The Hall–Kier alpha value is -3.73. The van der Waals surface area contributed by atoms with E-state index in [-0.39, 0.29) is 16.0 Å². The van der Waals surface area contributed by atoms with Crippen molar-refractivity contribution in [2.24, 2.45) is 0 Å². The molecule has 1 N–H and O–H groups in total. The summed E-state index contributed by atoms with van der Waals surface area (Å²) in [4.78, 5) is 35.6. The van der Waals surface area contributed by atoms with Gasteiger partial charge in [0.1, 0.15) is 17.6 Å². The first-order valence-corrected chi connectivity index (χ1v) is 10.6. The summed E-state index contributed by atoms with van der Waals surface area (Å²) in [5.41, 5.74) is -0.511. The molecule has 0 saturated carbocycles. The molecule has 2 heterocycles. The molecule has 7 nitrogen and oxygen atoms in total. The molecule has 2 aromatic heterocycles. The maximum Gasteiger partial charge on any atom is 0.418 e. The van der Waals surface area contributed by atoms with Crippen LogP contribution in [0.1, 0.15) is 11.1 Å².